The van der Waals surface area contributed by atoms with Crippen LogP contribution in [0.1, 0.15) is 25.7 Å². The van der Waals surface area contributed by atoms with Gasteiger partial charge in [-0.3, -0.25) is 7.32 Å². The van der Waals surface area contributed by atoms with Crippen LogP contribution in [0, 0.1) is 0 Å². The van der Waals surface area contributed by atoms with Crippen molar-refractivity contribution in [1.29, 1.82) is 0 Å². The third-order valence-electron chi connectivity index (χ3n) is 1.81. The molecule has 0 aromatic heterocycles. The second-order valence-electron chi connectivity index (χ2n) is 2.93. The fourth-order valence-corrected chi connectivity index (χ4v) is 1.12. The van der Waals surface area contributed by atoms with Gasteiger partial charge < -0.3 is 30.4 Å². The average molecular weight is 212 g/mol. The summed E-state index contributed by atoms with van der Waals surface area (Å²) in [6.45, 7) is 0. The molecule has 0 aliphatic heterocycles. The maximum atomic E-state index is 8.95. The summed E-state index contributed by atoms with van der Waals surface area (Å²) in [4.78, 5) is 0. The molecular formula is C6H12BLi3O6. The zero-order chi connectivity index (χ0) is 10.5. The Morgan fingerprint density at radius 1 is 1.00 bits per heavy atom. The van der Waals surface area contributed by atoms with Gasteiger partial charge in [-0.2, -0.15) is 0 Å². The van der Waals surface area contributed by atoms with E-state index in [0.717, 1.165) is 12.8 Å². The minimum absolute atomic E-state index is 0. The van der Waals surface area contributed by atoms with Crippen LogP contribution >= 0.6 is 0 Å². The summed E-state index contributed by atoms with van der Waals surface area (Å²) in [5, 5.41) is 52.1. The Balaban J connectivity index is -0.0000000921. The molecule has 10 heteroatoms. The van der Waals surface area contributed by atoms with Crippen molar-refractivity contribution in [2.45, 2.75) is 37.6 Å². The molecule has 1 saturated carbocycles. The fourth-order valence-electron chi connectivity index (χ4n) is 1.12. The van der Waals surface area contributed by atoms with Crippen LogP contribution in [0.15, 0.2) is 0 Å². The SMILES string of the molecule is OC1CCCCC1(O)O.[Li+].[Li+].[Li+].[O-]B([O-])[O-]. The molecule has 0 aromatic rings. The van der Waals surface area contributed by atoms with E-state index >= 15 is 0 Å². The minimum Gasteiger partial charge on any atom is -0.907 e. The van der Waals surface area contributed by atoms with Crippen LogP contribution in [0.25, 0.3) is 0 Å². The van der Waals surface area contributed by atoms with Gasteiger partial charge in [0.05, 0.1) is 0 Å². The molecular weight excluding hydrogens is 200 g/mol. The van der Waals surface area contributed by atoms with E-state index in [2.05, 4.69) is 0 Å². The van der Waals surface area contributed by atoms with Gasteiger partial charge in [0.1, 0.15) is 6.10 Å². The van der Waals surface area contributed by atoms with E-state index in [1.165, 1.54) is 0 Å². The Hall–Kier alpha value is 1.62. The monoisotopic (exact) mass is 212 g/mol. The number of aliphatic hydroxyl groups excluding tert-OH is 1. The molecule has 0 spiro atoms. The summed E-state index contributed by atoms with van der Waals surface area (Å²) in [6, 6.07) is 0. The predicted octanol–water partition coefficient (Wildman–Crippen LogP) is -13.3. The minimum atomic E-state index is -2.92. The maximum absolute atomic E-state index is 8.95. The topological polar surface area (TPSA) is 130 Å². The maximum Gasteiger partial charge on any atom is 1.00 e. The fraction of sp³-hybridized carbons (Fsp3) is 1.00. The van der Waals surface area contributed by atoms with E-state index in [9.17, 15) is 0 Å². The molecule has 1 aliphatic carbocycles. The molecule has 0 amide bonds. The molecule has 6 nitrogen and oxygen atoms in total. The number of hydrogen-bond donors (Lipinski definition) is 3. The Morgan fingerprint density at radius 2 is 1.38 bits per heavy atom. The molecule has 1 atom stereocenters. The average Bonchev–Trinajstić information content (AvgIpc) is 1.94. The van der Waals surface area contributed by atoms with Crippen molar-refractivity contribution < 1.29 is 87.0 Å². The Kier molecular flexibility index (Phi) is 21.4. The summed E-state index contributed by atoms with van der Waals surface area (Å²) in [7, 11) is -2.92. The van der Waals surface area contributed by atoms with Gasteiger partial charge in [-0.05, 0) is 12.8 Å². The predicted molar refractivity (Wildman–Crippen MR) is 37.4 cm³/mol. The van der Waals surface area contributed by atoms with Gasteiger partial charge in [0, 0.05) is 6.42 Å². The molecule has 1 aliphatic rings. The summed E-state index contributed by atoms with van der Waals surface area (Å²) >= 11 is 0. The molecule has 3 N–H and O–H groups in total. The third-order valence-corrected chi connectivity index (χ3v) is 1.81. The zero-order valence-corrected chi connectivity index (χ0v) is 10.0. The molecule has 1 unspecified atom stereocenters. The first-order valence-electron chi connectivity index (χ1n) is 3.96. The smallest absolute Gasteiger partial charge is 0.907 e. The molecule has 1 rings (SSSR count). The van der Waals surface area contributed by atoms with Crippen molar-refractivity contribution >= 4 is 7.32 Å². The van der Waals surface area contributed by atoms with E-state index in [-0.39, 0.29) is 56.6 Å². The molecule has 0 radical (unpaired) electrons. The molecule has 0 aromatic carbocycles. The second kappa shape index (κ2) is 13.1. The summed E-state index contributed by atoms with van der Waals surface area (Å²) in [6.07, 6.45) is 1.56. The van der Waals surface area contributed by atoms with Gasteiger partial charge in [0.2, 0.25) is 0 Å². The first-order chi connectivity index (χ1) is 5.86. The van der Waals surface area contributed by atoms with Crippen molar-refractivity contribution in [2.24, 2.45) is 0 Å². The molecule has 0 heterocycles. The van der Waals surface area contributed by atoms with Gasteiger partial charge in [0.25, 0.3) is 0 Å². The first-order valence-corrected chi connectivity index (χ1v) is 3.96. The number of hydrogen-bond acceptors (Lipinski definition) is 6. The zero-order valence-electron chi connectivity index (χ0n) is 10.0. The number of rotatable bonds is 0. The van der Waals surface area contributed by atoms with Crippen molar-refractivity contribution in [2.75, 3.05) is 0 Å². The van der Waals surface area contributed by atoms with Crippen LogP contribution in [0.4, 0.5) is 0 Å². The van der Waals surface area contributed by atoms with E-state index in [1.54, 1.807) is 0 Å². The molecule has 16 heavy (non-hydrogen) atoms. The van der Waals surface area contributed by atoms with Gasteiger partial charge in [-0.15, -0.1) is 0 Å². The van der Waals surface area contributed by atoms with Crippen LogP contribution < -0.4 is 71.7 Å². The van der Waals surface area contributed by atoms with Crippen molar-refractivity contribution in [1.82, 2.24) is 0 Å². The van der Waals surface area contributed by atoms with Crippen LogP contribution in [-0.2, 0) is 0 Å². The largest absolute Gasteiger partial charge is 1.00 e. The van der Waals surface area contributed by atoms with Gasteiger partial charge in [-0.1, -0.05) is 6.42 Å². The summed E-state index contributed by atoms with van der Waals surface area (Å²) in [5.74, 6) is -1.81. The number of aliphatic hydroxyl groups is 3. The Labute approximate surface area is 131 Å². The standard InChI is InChI=1S/C6H12O3.BO3.3Li/c7-5-3-1-2-4-6(5,8)9;2-1(3)4;;;/h5,7-9H,1-4H2;;;;/q;-3;3*+1. The molecule has 78 valence electrons. The van der Waals surface area contributed by atoms with Crippen LogP contribution in [0.5, 0.6) is 0 Å². The van der Waals surface area contributed by atoms with E-state index in [1.807, 2.05) is 0 Å². The van der Waals surface area contributed by atoms with Crippen molar-refractivity contribution in [3.05, 3.63) is 0 Å². The quantitative estimate of drug-likeness (QED) is 0.270. The van der Waals surface area contributed by atoms with Gasteiger partial charge in [0.15, 0.2) is 5.79 Å². The van der Waals surface area contributed by atoms with E-state index < -0.39 is 19.2 Å². The van der Waals surface area contributed by atoms with Crippen LogP contribution in [0.2, 0.25) is 0 Å². The van der Waals surface area contributed by atoms with E-state index in [0.29, 0.717) is 12.8 Å². The first kappa shape index (κ1) is 26.2. The molecule has 0 bridgehead atoms. The molecule has 1 fully saturated rings. The van der Waals surface area contributed by atoms with Crippen LogP contribution in [0.3, 0.4) is 0 Å². The van der Waals surface area contributed by atoms with Crippen LogP contribution in [-0.4, -0.2) is 34.5 Å². The Bertz CT molecular complexity index is 147. The summed E-state index contributed by atoms with van der Waals surface area (Å²) in [5.41, 5.74) is 0. The third kappa shape index (κ3) is 13.7. The normalized spacial score (nSPS) is 21.0. The van der Waals surface area contributed by atoms with Crippen molar-refractivity contribution in [3.63, 3.8) is 0 Å². The molecule has 0 saturated heterocycles. The Morgan fingerprint density at radius 3 is 1.56 bits per heavy atom. The van der Waals surface area contributed by atoms with Crippen molar-refractivity contribution in [3.8, 4) is 0 Å². The summed E-state index contributed by atoms with van der Waals surface area (Å²) < 4.78 is 0. The van der Waals surface area contributed by atoms with E-state index in [4.69, 9.17) is 30.4 Å². The van der Waals surface area contributed by atoms with Gasteiger partial charge >= 0.3 is 56.6 Å². The second-order valence-corrected chi connectivity index (χ2v) is 2.93. The van der Waals surface area contributed by atoms with Gasteiger partial charge in [-0.25, -0.2) is 0 Å².